The van der Waals surface area contributed by atoms with Crippen molar-refractivity contribution in [3.05, 3.63) is 30.2 Å². The summed E-state index contributed by atoms with van der Waals surface area (Å²) in [5, 5.41) is 14.9. The molecule has 0 bridgehead atoms. The molecular formula is C11H9N5O2. The van der Waals surface area contributed by atoms with Gasteiger partial charge in [0.1, 0.15) is 22.9 Å². The van der Waals surface area contributed by atoms with Gasteiger partial charge in [-0.2, -0.15) is 5.10 Å². The third-order valence-electron chi connectivity index (χ3n) is 2.62. The number of aromatic nitrogens is 3. The summed E-state index contributed by atoms with van der Waals surface area (Å²) in [5.74, 6) is -0.457. The molecule has 0 aromatic carbocycles. The van der Waals surface area contributed by atoms with Gasteiger partial charge in [-0.25, -0.2) is 19.8 Å². The first-order valence-electron chi connectivity index (χ1n) is 5.29. The summed E-state index contributed by atoms with van der Waals surface area (Å²) in [6.45, 7) is 0.587. The predicted molar refractivity (Wildman–Crippen MR) is 65.8 cm³/mol. The molecule has 0 aliphatic carbocycles. The zero-order valence-electron chi connectivity index (χ0n) is 9.24. The van der Waals surface area contributed by atoms with Gasteiger partial charge < -0.3 is 10.1 Å². The maximum atomic E-state index is 11.0. The Kier molecular flexibility index (Phi) is 2.30. The zero-order chi connectivity index (χ0) is 12.5. The average Bonchev–Trinajstić information content (AvgIpc) is 2.83. The minimum absolute atomic E-state index is 0.130. The van der Waals surface area contributed by atoms with Crippen molar-refractivity contribution in [2.45, 2.75) is 0 Å². The smallest absolute Gasteiger partial charge is 0.339 e. The molecule has 2 aromatic heterocycles. The number of anilines is 1. The van der Waals surface area contributed by atoms with Crippen molar-refractivity contribution in [1.82, 2.24) is 15.0 Å². The van der Waals surface area contributed by atoms with Gasteiger partial charge in [0.2, 0.25) is 0 Å². The van der Waals surface area contributed by atoms with Gasteiger partial charge in [0.25, 0.3) is 0 Å². The Morgan fingerprint density at radius 2 is 2.33 bits per heavy atom. The van der Waals surface area contributed by atoms with E-state index in [-0.39, 0.29) is 5.56 Å². The molecule has 3 rings (SSSR count). The summed E-state index contributed by atoms with van der Waals surface area (Å²) >= 11 is 0. The molecule has 1 aliphatic heterocycles. The van der Waals surface area contributed by atoms with Crippen LogP contribution in [0.1, 0.15) is 10.4 Å². The Morgan fingerprint density at radius 1 is 1.44 bits per heavy atom. The van der Waals surface area contributed by atoms with Gasteiger partial charge in [-0.3, -0.25) is 0 Å². The summed E-state index contributed by atoms with van der Waals surface area (Å²) in [5.41, 5.74) is 1.09. The highest BCUT2D eigenvalue weighted by molar-refractivity contribution is 6.03. The number of carboxylic acids is 1. The van der Waals surface area contributed by atoms with Crippen LogP contribution in [-0.2, 0) is 0 Å². The normalized spacial score (nSPS) is 14.3. The highest BCUT2D eigenvalue weighted by Crippen LogP contribution is 2.24. The molecule has 7 nitrogen and oxygen atoms in total. The Balaban J connectivity index is 2.16. The van der Waals surface area contributed by atoms with Gasteiger partial charge in [0, 0.05) is 12.4 Å². The molecule has 0 atom stereocenters. The van der Waals surface area contributed by atoms with Crippen LogP contribution in [-0.4, -0.2) is 38.8 Å². The number of hydrogen-bond donors (Lipinski definition) is 2. The topological polar surface area (TPSA) is 94.5 Å². The lowest BCUT2D eigenvalue weighted by atomic mass is 10.3. The van der Waals surface area contributed by atoms with E-state index in [0.717, 1.165) is 0 Å². The van der Waals surface area contributed by atoms with Crippen LogP contribution >= 0.6 is 0 Å². The van der Waals surface area contributed by atoms with Crippen molar-refractivity contribution >= 4 is 29.0 Å². The molecule has 18 heavy (non-hydrogen) atoms. The van der Waals surface area contributed by atoms with Gasteiger partial charge in [0.15, 0.2) is 5.82 Å². The molecule has 2 N–H and O–H groups in total. The molecule has 0 unspecified atom stereocenters. The molecule has 2 aromatic rings. The van der Waals surface area contributed by atoms with Crippen LogP contribution in [0.5, 0.6) is 0 Å². The van der Waals surface area contributed by atoms with Crippen LogP contribution in [0.4, 0.5) is 5.82 Å². The largest absolute Gasteiger partial charge is 0.478 e. The number of aromatic carboxylic acids is 1. The summed E-state index contributed by atoms with van der Waals surface area (Å²) in [6, 6.07) is 0. The third kappa shape index (κ3) is 1.53. The fourth-order valence-corrected chi connectivity index (χ4v) is 1.81. The molecule has 0 amide bonds. The maximum Gasteiger partial charge on any atom is 0.339 e. The van der Waals surface area contributed by atoms with Gasteiger partial charge in [-0.05, 0) is 6.08 Å². The Hall–Kier alpha value is -2.70. The summed E-state index contributed by atoms with van der Waals surface area (Å²) in [7, 11) is 0. The Morgan fingerprint density at radius 3 is 3.06 bits per heavy atom. The first-order chi connectivity index (χ1) is 8.77. The number of nitrogens with one attached hydrogen (secondary N) is 1. The number of hydrogen-bond acceptors (Lipinski definition) is 5. The van der Waals surface area contributed by atoms with E-state index < -0.39 is 5.97 Å². The van der Waals surface area contributed by atoms with E-state index in [0.29, 0.717) is 23.4 Å². The minimum atomic E-state index is -1.02. The maximum absolute atomic E-state index is 11.0. The molecule has 3 heterocycles. The lowest BCUT2D eigenvalue weighted by Gasteiger charge is -2.17. The average molecular weight is 243 g/mol. The number of hydrazone groups is 1. The summed E-state index contributed by atoms with van der Waals surface area (Å²) < 4.78 is 0. The highest BCUT2D eigenvalue weighted by Gasteiger charge is 2.18. The van der Waals surface area contributed by atoms with Crippen LogP contribution in [0.15, 0.2) is 29.8 Å². The van der Waals surface area contributed by atoms with E-state index in [9.17, 15) is 4.79 Å². The first-order valence-corrected chi connectivity index (χ1v) is 5.29. The number of carbonyl (C=O) groups is 1. The quantitative estimate of drug-likeness (QED) is 0.821. The number of rotatable bonds is 2. The molecule has 7 heteroatoms. The van der Waals surface area contributed by atoms with E-state index in [2.05, 4.69) is 20.1 Å². The van der Waals surface area contributed by atoms with Gasteiger partial charge >= 0.3 is 5.97 Å². The number of carboxylic acid groups (broad SMARTS) is 1. The minimum Gasteiger partial charge on any atom is -0.478 e. The standard InChI is InChI=1S/C11H9N5O2/c17-11(18)7-5-12-9-8(7)13-6-14-10(9)16-4-2-1-3-15-16/h1-3,5-6,12H,4H2,(H,17,18). The SMILES string of the molecule is O=C(O)c1c[nH]c2c(N3CC=CC=N3)ncnc12. The molecule has 0 fully saturated rings. The van der Waals surface area contributed by atoms with Gasteiger partial charge in [-0.1, -0.05) is 6.08 Å². The van der Waals surface area contributed by atoms with Crippen molar-refractivity contribution in [3.8, 4) is 0 Å². The lowest BCUT2D eigenvalue weighted by Crippen LogP contribution is -2.20. The van der Waals surface area contributed by atoms with Crippen molar-refractivity contribution in [1.29, 1.82) is 0 Å². The first kappa shape index (κ1) is 10.5. The number of allylic oxidation sites excluding steroid dienone is 1. The molecule has 0 radical (unpaired) electrons. The molecule has 0 saturated heterocycles. The molecular weight excluding hydrogens is 234 g/mol. The van der Waals surface area contributed by atoms with Crippen molar-refractivity contribution in [2.75, 3.05) is 11.6 Å². The zero-order valence-corrected chi connectivity index (χ0v) is 9.24. The second kappa shape index (κ2) is 3.95. The number of H-pyrrole nitrogens is 1. The third-order valence-corrected chi connectivity index (χ3v) is 2.62. The second-order valence-electron chi connectivity index (χ2n) is 3.70. The summed E-state index contributed by atoms with van der Waals surface area (Å²) in [6.07, 6.45) is 8.17. The molecule has 1 aliphatic rings. The van der Waals surface area contributed by atoms with Gasteiger partial charge in [0.05, 0.1) is 6.54 Å². The van der Waals surface area contributed by atoms with Crippen LogP contribution < -0.4 is 5.01 Å². The number of aromatic amines is 1. The Bertz CT molecular complexity index is 673. The van der Waals surface area contributed by atoms with Crippen molar-refractivity contribution in [3.63, 3.8) is 0 Å². The molecule has 90 valence electrons. The van der Waals surface area contributed by atoms with Crippen LogP contribution in [0.3, 0.4) is 0 Å². The van der Waals surface area contributed by atoms with Crippen LogP contribution in [0.2, 0.25) is 0 Å². The van der Waals surface area contributed by atoms with Crippen molar-refractivity contribution in [2.24, 2.45) is 5.10 Å². The fraction of sp³-hybridized carbons (Fsp3) is 0.0909. The van der Waals surface area contributed by atoms with Gasteiger partial charge in [-0.15, -0.1) is 0 Å². The molecule has 0 spiro atoms. The van der Waals surface area contributed by atoms with E-state index in [1.54, 1.807) is 11.2 Å². The van der Waals surface area contributed by atoms with E-state index >= 15 is 0 Å². The van der Waals surface area contributed by atoms with E-state index in [1.165, 1.54) is 12.5 Å². The predicted octanol–water partition coefficient (Wildman–Crippen LogP) is 1.02. The second-order valence-corrected chi connectivity index (χ2v) is 3.70. The summed E-state index contributed by atoms with van der Waals surface area (Å²) in [4.78, 5) is 22.1. The van der Waals surface area contributed by atoms with E-state index in [1.807, 2.05) is 12.2 Å². The Labute approximate surface area is 101 Å². The number of fused-ring (bicyclic) bond motifs is 1. The van der Waals surface area contributed by atoms with Crippen LogP contribution in [0, 0.1) is 0 Å². The van der Waals surface area contributed by atoms with Crippen molar-refractivity contribution < 1.29 is 9.90 Å². The fourth-order valence-electron chi connectivity index (χ4n) is 1.81. The number of nitrogens with zero attached hydrogens (tertiary/aromatic N) is 4. The highest BCUT2D eigenvalue weighted by atomic mass is 16.4. The lowest BCUT2D eigenvalue weighted by molar-refractivity contribution is 0.0699. The molecule has 0 saturated carbocycles. The van der Waals surface area contributed by atoms with E-state index in [4.69, 9.17) is 5.11 Å². The monoisotopic (exact) mass is 243 g/mol. The van der Waals surface area contributed by atoms with Crippen LogP contribution in [0.25, 0.3) is 11.0 Å².